The van der Waals surface area contributed by atoms with Crippen molar-refractivity contribution in [3.63, 3.8) is 0 Å². The van der Waals surface area contributed by atoms with E-state index in [1.54, 1.807) is 12.1 Å². The van der Waals surface area contributed by atoms with Gasteiger partial charge in [0.1, 0.15) is 5.75 Å². The van der Waals surface area contributed by atoms with Gasteiger partial charge in [-0.15, -0.1) is 0 Å². The summed E-state index contributed by atoms with van der Waals surface area (Å²) in [5, 5.41) is 2.78. The van der Waals surface area contributed by atoms with Gasteiger partial charge in [0, 0.05) is 17.2 Å². The average molecular weight is 323 g/mol. The summed E-state index contributed by atoms with van der Waals surface area (Å²) in [4.78, 5) is 34.7. The molecule has 1 aromatic heterocycles. The first-order chi connectivity index (χ1) is 10.4. The SMILES string of the molecule is CCc1cc(Cl)c(C)cc1OCC(=O)n1[nH]c(=O)ccc1=O. The highest BCUT2D eigenvalue weighted by molar-refractivity contribution is 6.31. The number of carbonyl (C=O) groups excluding carboxylic acids is 1. The normalized spacial score (nSPS) is 10.5. The van der Waals surface area contributed by atoms with Crippen LogP contribution in [0.1, 0.15) is 22.8 Å². The minimum absolute atomic E-state index is 0.367. The number of aryl methyl sites for hydroxylation is 2. The van der Waals surface area contributed by atoms with E-state index < -0.39 is 17.0 Å². The largest absolute Gasteiger partial charge is 0.483 e. The highest BCUT2D eigenvalue weighted by atomic mass is 35.5. The van der Waals surface area contributed by atoms with Crippen LogP contribution in [-0.4, -0.2) is 22.3 Å². The molecule has 0 aliphatic heterocycles. The molecule has 0 fully saturated rings. The van der Waals surface area contributed by atoms with Crippen LogP contribution in [0, 0.1) is 6.92 Å². The van der Waals surface area contributed by atoms with Crippen LogP contribution in [0.2, 0.25) is 5.02 Å². The Bertz CT molecular complexity index is 823. The van der Waals surface area contributed by atoms with Crippen LogP contribution in [0.3, 0.4) is 0 Å². The fourth-order valence-electron chi connectivity index (χ4n) is 1.92. The molecule has 0 radical (unpaired) electrons. The van der Waals surface area contributed by atoms with Crippen LogP contribution in [0.25, 0.3) is 0 Å². The second kappa shape index (κ2) is 6.62. The molecule has 116 valence electrons. The number of hydrogen-bond acceptors (Lipinski definition) is 4. The van der Waals surface area contributed by atoms with E-state index in [-0.39, 0.29) is 6.61 Å². The van der Waals surface area contributed by atoms with E-state index in [1.165, 1.54) is 0 Å². The molecule has 0 unspecified atom stereocenters. The topological polar surface area (TPSA) is 81.2 Å². The molecule has 2 aromatic rings. The van der Waals surface area contributed by atoms with Gasteiger partial charge in [-0.25, -0.2) is 0 Å². The number of H-pyrrole nitrogens is 1. The standard InChI is InChI=1S/C15H15ClN2O4/c1-3-10-7-11(16)9(2)6-12(10)22-8-15(21)18-14(20)5-4-13(19)17-18/h4-7H,3,8H2,1-2H3,(H,17,19). The van der Waals surface area contributed by atoms with Crippen molar-refractivity contribution in [2.24, 2.45) is 0 Å². The van der Waals surface area contributed by atoms with Gasteiger partial charge in [0.25, 0.3) is 17.0 Å². The van der Waals surface area contributed by atoms with Crippen LogP contribution in [0.4, 0.5) is 0 Å². The Morgan fingerprint density at radius 1 is 1.32 bits per heavy atom. The van der Waals surface area contributed by atoms with Crippen molar-refractivity contribution in [1.82, 2.24) is 9.78 Å². The third-order valence-corrected chi connectivity index (χ3v) is 3.55. The Morgan fingerprint density at radius 2 is 2.05 bits per heavy atom. The average Bonchev–Trinajstić information content (AvgIpc) is 2.50. The van der Waals surface area contributed by atoms with Crippen molar-refractivity contribution in [2.75, 3.05) is 6.61 Å². The number of nitrogens with zero attached hydrogens (tertiary/aromatic N) is 1. The molecule has 0 aliphatic carbocycles. The van der Waals surface area contributed by atoms with Crippen LogP contribution in [0.15, 0.2) is 33.9 Å². The zero-order chi connectivity index (χ0) is 16.3. The summed E-state index contributed by atoms with van der Waals surface area (Å²) in [5.74, 6) is -0.124. The predicted octanol–water partition coefficient (Wildman–Crippen LogP) is 1.78. The van der Waals surface area contributed by atoms with Crippen LogP contribution < -0.4 is 15.9 Å². The number of carbonyl (C=O) groups is 1. The Labute approximate surface area is 131 Å². The van der Waals surface area contributed by atoms with Crippen molar-refractivity contribution in [2.45, 2.75) is 20.3 Å². The van der Waals surface area contributed by atoms with Gasteiger partial charge in [-0.2, -0.15) is 4.68 Å². The van der Waals surface area contributed by atoms with E-state index in [0.717, 1.165) is 23.3 Å². The lowest BCUT2D eigenvalue weighted by Crippen LogP contribution is -2.35. The Hall–Kier alpha value is -2.34. The van der Waals surface area contributed by atoms with Gasteiger partial charge >= 0.3 is 0 Å². The fourth-order valence-corrected chi connectivity index (χ4v) is 2.11. The summed E-state index contributed by atoms with van der Waals surface area (Å²) in [6.45, 7) is 3.40. The monoisotopic (exact) mass is 322 g/mol. The van der Waals surface area contributed by atoms with Crippen LogP contribution in [0.5, 0.6) is 5.75 Å². The number of rotatable bonds is 4. The molecule has 0 amide bonds. The lowest BCUT2D eigenvalue weighted by atomic mass is 10.1. The maximum Gasteiger partial charge on any atom is 0.286 e. The van der Waals surface area contributed by atoms with E-state index in [1.807, 2.05) is 13.8 Å². The van der Waals surface area contributed by atoms with Gasteiger partial charge in [-0.3, -0.25) is 19.5 Å². The van der Waals surface area contributed by atoms with Gasteiger partial charge < -0.3 is 4.74 Å². The van der Waals surface area contributed by atoms with Gasteiger partial charge in [0.2, 0.25) is 0 Å². The summed E-state index contributed by atoms with van der Waals surface area (Å²) >= 11 is 6.05. The highest BCUT2D eigenvalue weighted by Crippen LogP contribution is 2.27. The highest BCUT2D eigenvalue weighted by Gasteiger charge is 2.12. The minimum atomic E-state index is -0.655. The summed E-state index contributed by atoms with van der Waals surface area (Å²) in [5.41, 5.74) is 0.532. The summed E-state index contributed by atoms with van der Waals surface area (Å²) in [7, 11) is 0. The summed E-state index contributed by atoms with van der Waals surface area (Å²) in [6.07, 6.45) is 0.686. The minimum Gasteiger partial charge on any atom is -0.483 e. The van der Waals surface area contributed by atoms with Gasteiger partial charge in [0.15, 0.2) is 6.61 Å². The number of benzene rings is 1. The van der Waals surface area contributed by atoms with E-state index in [2.05, 4.69) is 5.10 Å². The first-order valence-electron chi connectivity index (χ1n) is 6.69. The Balaban J connectivity index is 2.21. The smallest absolute Gasteiger partial charge is 0.286 e. The molecule has 1 aromatic carbocycles. The lowest BCUT2D eigenvalue weighted by molar-refractivity contribution is 0.0812. The number of aromatic nitrogens is 2. The number of aromatic amines is 1. The van der Waals surface area contributed by atoms with Crippen molar-refractivity contribution in [1.29, 1.82) is 0 Å². The number of hydrogen-bond donors (Lipinski definition) is 1. The summed E-state index contributed by atoms with van der Waals surface area (Å²) in [6, 6.07) is 5.61. The third-order valence-electron chi connectivity index (χ3n) is 3.14. The molecule has 2 rings (SSSR count). The molecular weight excluding hydrogens is 308 g/mol. The van der Waals surface area contributed by atoms with E-state index in [4.69, 9.17) is 16.3 Å². The molecule has 0 bridgehead atoms. The molecule has 0 saturated carbocycles. The van der Waals surface area contributed by atoms with Crippen molar-refractivity contribution >= 4 is 17.5 Å². The molecule has 7 heteroatoms. The van der Waals surface area contributed by atoms with E-state index >= 15 is 0 Å². The molecule has 6 nitrogen and oxygen atoms in total. The number of halogens is 1. The second-order valence-corrected chi connectivity index (χ2v) is 5.14. The predicted molar refractivity (Wildman–Crippen MR) is 83.0 cm³/mol. The second-order valence-electron chi connectivity index (χ2n) is 4.73. The molecule has 22 heavy (non-hydrogen) atoms. The third kappa shape index (κ3) is 3.46. The van der Waals surface area contributed by atoms with Crippen molar-refractivity contribution < 1.29 is 9.53 Å². The van der Waals surface area contributed by atoms with Gasteiger partial charge in [0.05, 0.1) is 0 Å². The Kier molecular flexibility index (Phi) is 4.82. The molecule has 1 heterocycles. The first kappa shape index (κ1) is 16.0. The van der Waals surface area contributed by atoms with E-state index in [9.17, 15) is 14.4 Å². The zero-order valence-corrected chi connectivity index (χ0v) is 12.9. The number of ether oxygens (including phenoxy) is 1. The van der Waals surface area contributed by atoms with Crippen molar-refractivity contribution in [3.05, 3.63) is 61.1 Å². The molecular formula is C15H15ClN2O4. The quantitative estimate of drug-likeness (QED) is 0.930. The molecule has 0 spiro atoms. The van der Waals surface area contributed by atoms with Gasteiger partial charge in [-0.05, 0) is 36.6 Å². The zero-order valence-electron chi connectivity index (χ0n) is 12.2. The van der Waals surface area contributed by atoms with Crippen LogP contribution in [-0.2, 0) is 6.42 Å². The van der Waals surface area contributed by atoms with Gasteiger partial charge in [-0.1, -0.05) is 18.5 Å². The van der Waals surface area contributed by atoms with Crippen LogP contribution >= 0.6 is 11.6 Å². The molecule has 0 aliphatic rings. The van der Waals surface area contributed by atoms with E-state index in [0.29, 0.717) is 21.9 Å². The number of nitrogens with one attached hydrogen (secondary N) is 1. The van der Waals surface area contributed by atoms with Crippen molar-refractivity contribution in [3.8, 4) is 5.75 Å². The Morgan fingerprint density at radius 3 is 2.73 bits per heavy atom. The summed E-state index contributed by atoms with van der Waals surface area (Å²) < 4.78 is 6.12. The fraction of sp³-hybridized carbons (Fsp3) is 0.267. The molecule has 1 N–H and O–H groups in total. The molecule has 0 saturated heterocycles. The molecule has 0 atom stereocenters. The maximum atomic E-state index is 12.0. The lowest BCUT2D eigenvalue weighted by Gasteiger charge is -2.12. The maximum absolute atomic E-state index is 12.0. The first-order valence-corrected chi connectivity index (χ1v) is 7.07.